The summed E-state index contributed by atoms with van der Waals surface area (Å²) in [4.78, 5) is 0. The molecule has 0 bridgehead atoms. The van der Waals surface area contributed by atoms with E-state index in [-0.39, 0.29) is 6.10 Å². The Kier molecular flexibility index (Phi) is 4.16. The smallest absolute Gasteiger partial charge is 0.0578 e. The molecule has 1 unspecified atom stereocenters. The van der Waals surface area contributed by atoms with E-state index < -0.39 is 0 Å². The molecule has 1 radical (unpaired) electrons. The second-order valence-corrected chi connectivity index (χ2v) is 4.69. The van der Waals surface area contributed by atoms with Gasteiger partial charge in [0.25, 0.3) is 0 Å². The van der Waals surface area contributed by atoms with Crippen LogP contribution in [0.25, 0.3) is 11.1 Å². The molecule has 1 atom stereocenters. The van der Waals surface area contributed by atoms with Crippen LogP contribution in [0, 0.1) is 13.0 Å². The molecule has 0 saturated carbocycles. The second kappa shape index (κ2) is 5.83. The number of hydrogen-bond donors (Lipinski definition) is 1. The summed E-state index contributed by atoms with van der Waals surface area (Å²) in [6.45, 7) is 4.10. The van der Waals surface area contributed by atoms with Crippen molar-refractivity contribution in [3.63, 3.8) is 0 Å². The van der Waals surface area contributed by atoms with Gasteiger partial charge in [-0.3, -0.25) is 0 Å². The van der Waals surface area contributed by atoms with E-state index in [2.05, 4.69) is 31.2 Å². The normalized spacial score (nSPS) is 12.4. The van der Waals surface area contributed by atoms with Crippen LogP contribution < -0.4 is 0 Å². The van der Waals surface area contributed by atoms with Crippen LogP contribution in [0.15, 0.2) is 42.5 Å². The largest absolute Gasteiger partial charge is 0.393 e. The third-order valence-corrected chi connectivity index (χ3v) is 3.28. The van der Waals surface area contributed by atoms with E-state index in [0.717, 1.165) is 12.0 Å². The Hall–Kier alpha value is -1.60. The molecule has 1 heteroatoms. The quantitative estimate of drug-likeness (QED) is 0.861. The average molecular weight is 239 g/mol. The summed E-state index contributed by atoms with van der Waals surface area (Å²) in [7, 11) is 0. The average Bonchev–Trinajstić information content (AvgIpc) is 2.42. The standard InChI is InChI=1S/C17H19O/c1-3-17(18)12-15-9-10-16(11-13(15)2)14-7-5-4-6-8-14/h4-9,11,17-18H,3,12H2,1-2H3. The van der Waals surface area contributed by atoms with Crippen molar-refractivity contribution in [1.82, 2.24) is 0 Å². The Balaban J connectivity index is 2.25. The predicted octanol–water partition coefficient (Wildman–Crippen LogP) is 3.78. The van der Waals surface area contributed by atoms with Gasteiger partial charge >= 0.3 is 0 Å². The molecule has 0 aliphatic rings. The summed E-state index contributed by atoms with van der Waals surface area (Å²) in [6, 6.07) is 17.7. The van der Waals surface area contributed by atoms with Crippen molar-refractivity contribution in [2.24, 2.45) is 0 Å². The van der Waals surface area contributed by atoms with Crippen LogP contribution in [0.3, 0.4) is 0 Å². The number of aliphatic hydroxyl groups excluding tert-OH is 1. The van der Waals surface area contributed by atoms with E-state index in [1.54, 1.807) is 0 Å². The molecule has 93 valence electrons. The van der Waals surface area contributed by atoms with Crippen LogP contribution in [0.2, 0.25) is 0 Å². The lowest BCUT2D eigenvalue weighted by atomic mass is 9.96. The minimum atomic E-state index is -0.250. The van der Waals surface area contributed by atoms with E-state index in [1.807, 2.05) is 31.2 Å². The zero-order chi connectivity index (χ0) is 13.0. The highest BCUT2D eigenvalue weighted by molar-refractivity contribution is 5.64. The van der Waals surface area contributed by atoms with E-state index in [0.29, 0.717) is 6.42 Å². The predicted molar refractivity (Wildman–Crippen MR) is 75.5 cm³/mol. The first-order valence-electron chi connectivity index (χ1n) is 6.45. The summed E-state index contributed by atoms with van der Waals surface area (Å²) < 4.78 is 0. The van der Waals surface area contributed by atoms with Gasteiger partial charge in [0.05, 0.1) is 6.10 Å². The molecule has 2 rings (SSSR count). The Morgan fingerprint density at radius 1 is 1.22 bits per heavy atom. The topological polar surface area (TPSA) is 20.2 Å². The number of hydrogen-bond acceptors (Lipinski definition) is 1. The summed E-state index contributed by atoms with van der Waals surface area (Å²) in [5.41, 5.74) is 4.70. The molecule has 2 aromatic carbocycles. The van der Waals surface area contributed by atoms with Gasteiger partial charge in [0.1, 0.15) is 0 Å². The molecule has 0 aliphatic heterocycles. The van der Waals surface area contributed by atoms with Crippen molar-refractivity contribution < 1.29 is 5.11 Å². The highest BCUT2D eigenvalue weighted by Crippen LogP contribution is 2.22. The Bertz CT molecular complexity index is 502. The SMILES string of the molecule is CCC(O)Cc1c[c]c(-c2ccccc2)cc1C. The van der Waals surface area contributed by atoms with Crippen LogP contribution in [0.4, 0.5) is 0 Å². The lowest BCUT2D eigenvalue weighted by molar-refractivity contribution is 0.170. The summed E-state index contributed by atoms with van der Waals surface area (Å²) >= 11 is 0. The monoisotopic (exact) mass is 239 g/mol. The first kappa shape index (κ1) is 12.8. The molecule has 0 aromatic heterocycles. The Labute approximate surface area is 109 Å². The second-order valence-electron chi connectivity index (χ2n) is 4.69. The first-order valence-corrected chi connectivity index (χ1v) is 6.45. The van der Waals surface area contributed by atoms with Crippen LogP contribution in [-0.4, -0.2) is 11.2 Å². The third kappa shape index (κ3) is 2.99. The molecule has 0 amide bonds. The Morgan fingerprint density at radius 3 is 2.56 bits per heavy atom. The van der Waals surface area contributed by atoms with Crippen molar-refractivity contribution in [1.29, 1.82) is 0 Å². The van der Waals surface area contributed by atoms with Gasteiger partial charge in [-0.1, -0.05) is 49.4 Å². The molecule has 18 heavy (non-hydrogen) atoms. The highest BCUT2D eigenvalue weighted by Gasteiger charge is 2.07. The van der Waals surface area contributed by atoms with Crippen LogP contribution in [0.5, 0.6) is 0 Å². The minimum Gasteiger partial charge on any atom is -0.393 e. The Morgan fingerprint density at radius 2 is 1.94 bits per heavy atom. The molecule has 0 spiro atoms. The fraction of sp³-hybridized carbons (Fsp3) is 0.294. The van der Waals surface area contributed by atoms with E-state index in [9.17, 15) is 5.11 Å². The van der Waals surface area contributed by atoms with Gasteiger partial charge in [-0.05, 0) is 48.1 Å². The van der Waals surface area contributed by atoms with Crippen LogP contribution in [0.1, 0.15) is 24.5 Å². The van der Waals surface area contributed by atoms with Crippen LogP contribution in [-0.2, 0) is 6.42 Å². The number of aryl methyl sites for hydroxylation is 1. The highest BCUT2D eigenvalue weighted by atomic mass is 16.3. The van der Waals surface area contributed by atoms with E-state index >= 15 is 0 Å². The zero-order valence-electron chi connectivity index (χ0n) is 11.0. The molecule has 2 aromatic rings. The van der Waals surface area contributed by atoms with Gasteiger partial charge in [-0.2, -0.15) is 0 Å². The van der Waals surface area contributed by atoms with Crippen molar-refractivity contribution in [2.45, 2.75) is 32.8 Å². The van der Waals surface area contributed by atoms with E-state index in [4.69, 9.17) is 0 Å². The summed E-state index contributed by atoms with van der Waals surface area (Å²) in [5, 5.41) is 9.71. The van der Waals surface area contributed by atoms with Crippen molar-refractivity contribution >= 4 is 0 Å². The molecule has 1 N–H and O–H groups in total. The van der Waals surface area contributed by atoms with Crippen molar-refractivity contribution in [2.75, 3.05) is 0 Å². The maximum Gasteiger partial charge on any atom is 0.0578 e. The number of aliphatic hydroxyl groups is 1. The van der Waals surface area contributed by atoms with Gasteiger partial charge in [0.15, 0.2) is 0 Å². The summed E-state index contributed by atoms with van der Waals surface area (Å²) in [5.74, 6) is 0. The summed E-state index contributed by atoms with van der Waals surface area (Å²) in [6.07, 6.45) is 1.26. The van der Waals surface area contributed by atoms with Gasteiger partial charge in [0.2, 0.25) is 0 Å². The zero-order valence-corrected chi connectivity index (χ0v) is 11.0. The van der Waals surface area contributed by atoms with Crippen molar-refractivity contribution in [3.05, 3.63) is 59.7 Å². The molecule has 1 nitrogen and oxygen atoms in total. The number of rotatable bonds is 4. The molecule has 0 fully saturated rings. The maximum absolute atomic E-state index is 9.71. The van der Waals surface area contributed by atoms with Crippen molar-refractivity contribution in [3.8, 4) is 11.1 Å². The molecular weight excluding hydrogens is 220 g/mol. The third-order valence-electron chi connectivity index (χ3n) is 3.28. The molecular formula is C17H19O. The van der Waals surface area contributed by atoms with E-state index in [1.165, 1.54) is 16.7 Å². The molecule has 0 aliphatic carbocycles. The molecule has 0 heterocycles. The fourth-order valence-corrected chi connectivity index (χ4v) is 2.03. The van der Waals surface area contributed by atoms with Gasteiger partial charge in [-0.25, -0.2) is 0 Å². The lowest BCUT2D eigenvalue weighted by Crippen LogP contribution is -2.09. The van der Waals surface area contributed by atoms with Gasteiger partial charge in [-0.15, -0.1) is 0 Å². The maximum atomic E-state index is 9.71. The molecule has 0 saturated heterocycles. The minimum absolute atomic E-state index is 0.250. The van der Waals surface area contributed by atoms with Gasteiger partial charge in [0, 0.05) is 0 Å². The first-order chi connectivity index (χ1) is 8.70. The fourth-order valence-electron chi connectivity index (χ4n) is 2.03. The van der Waals surface area contributed by atoms with Crippen LogP contribution >= 0.6 is 0 Å². The van der Waals surface area contributed by atoms with Gasteiger partial charge < -0.3 is 5.11 Å². The number of benzene rings is 2. The lowest BCUT2D eigenvalue weighted by Gasteiger charge is -2.11.